The van der Waals surface area contributed by atoms with E-state index in [0.29, 0.717) is 31.9 Å². The molecule has 1 aromatic carbocycles. The molecule has 0 spiro atoms. The van der Waals surface area contributed by atoms with Crippen LogP contribution in [-0.4, -0.2) is 45.9 Å². The molecule has 0 bridgehead atoms. The van der Waals surface area contributed by atoms with Gasteiger partial charge in [0.2, 0.25) is 0 Å². The van der Waals surface area contributed by atoms with Crippen LogP contribution in [0.25, 0.3) is 0 Å². The number of carbonyl (C=O) groups is 1. The minimum Gasteiger partial charge on any atom is -0.385 e. The molecule has 1 rings (SSSR count). The molecule has 0 heterocycles. The molecule has 0 unspecified atom stereocenters. The SMILES string of the molecule is CCNc1cc(C)ccc1C(=O)NCCCOCCOC. The van der Waals surface area contributed by atoms with E-state index in [1.165, 1.54) is 0 Å². The summed E-state index contributed by atoms with van der Waals surface area (Å²) in [6, 6.07) is 5.80. The third kappa shape index (κ3) is 6.60. The Labute approximate surface area is 127 Å². The molecule has 21 heavy (non-hydrogen) atoms. The first-order valence-electron chi connectivity index (χ1n) is 7.38. The first kappa shape index (κ1) is 17.5. The van der Waals surface area contributed by atoms with E-state index in [4.69, 9.17) is 9.47 Å². The number of benzene rings is 1. The Morgan fingerprint density at radius 1 is 1.24 bits per heavy atom. The number of hydrogen-bond acceptors (Lipinski definition) is 4. The van der Waals surface area contributed by atoms with Gasteiger partial charge in [0, 0.05) is 32.5 Å². The topological polar surface area (TPSA) is 59.6 Å². The maximum atomic E-state index is 12.2. The second-order valence-electron chi connectivity index (χ2n) is 4.79. The van der Waals surface area contributed by atoms with Crippen LogP contribution in [-0.2, 0) is 9.47 Å². The number of methoxy groups -OCH3 is 1. The Morgan fingerprint density at radius 2 is 2.05 bits per heavy atom. The minimum atomic E-state index is -0.0529. The van der Waals surface area contributed by atoms with Crippen molar-refractivity contribution in [1.29, 1.82) is 0 Å². The molecule has 1 aromatic rings. The molecule has 0 atom stereocenters. The highest BCUT2D eigenvalue weighted by Crippen LogP contribution is 2.17. The van der Waals surface area contributed by atoms with Crippen LogP contribution in [0.15, 0.2) is 18.2 Å². The van der Waals surface area contributed by atoms with Crippen molar-refractivity contribution < 1.29 is 14.3 Å². The number of hydrogen-bond donors (Lipinski definition) is 2. The minimum absolute atomic E-state index is 0.0529. The van der Waals surface area contributed by atoms with Crippen LogP contribution in [0.4, 0.5) is 5.69 Å². The molecule has 0 saturated heterocycles. The molecule has 5 heteroatoms. The molecule has 118 valence electrons. The zero-order chi connectivity index (χ0) is 15.5. The van der Waals surface area contributed by atoms with Gasteiger partial charge in [-0.3, -0.25) is 4.79 Å². The fourth-order valence-corrected chi connectivity index (χ4v) is 1.91. The van der Waals surface area contributed by atoms with Crippen LogP contribution in [0, 0.1) is 6.92 Å². The van der Waals surface area contributed by atoms with E-state index in [2.05, 4.69) is 10.6 Å². The third-order valence-corrected chi connectivity index (χ3v) is 2.97. The maximum absolute atomic E-state index is 12.2. The van der Waals surface area contributed by atoms with E-state index in [0.717, 1.165) is 24.2 Å². The molecule has 2 N–H and O–H groups in total. The van der Waals surface area contributed by atoms with Gasteiger partial charge in [-0.1, -0.05) is 6.07 Å². The lowest BCUT2D eigenvalue weighted by Gasteiger charge is -2.12. The number of nitrogens with one attached hydrogen (secondary N) is 2. The molecule has 0 aromatic heterocycles. The van der Waals surface area contributed by atoms with Crippen molar-refractivity contribution in [2.45, 2.75) is 20.3 Å². The Morgan fingerprint density at radius 3 is 2.76 bits per heavy atom. The lowest BCUT2D eigenvalue weighted by molar-refractivity contribution is 0.0688. The molecule has 0 aliphatic heterocycles. The van der Waals surface area contributed by atoms with Crippen molar-refractivity contribution in [3.63, 3.8) is 0 Å². The summed E-state index contributed by atoms with van der Waals surface area (Å²) in [4.78, 5) is 12.2. The quantitative estimate of drug-likeness (QED) is 0.650. The van der Waals surface area contributed by atoms with Gasteiger partial charge in [0.1, 0.15) is 0 Å². The average molecular weight is 294 g/mol. The Balaban J connectivity index is 2.38. The van der Waals surface area contributed by atoms with E-state index in [-0.39, 0.29) is 5.91 Å². The second-order valence-corrected chi connectivity index (χ2v) is 4.79. The van der Waals surface area contributed by atoms with E-state index in [1.54, 1.807) is 7.11 Å². The van der Waals surface area contributed by atoms with Crippen LogP contribution < -0.4 is 10.6 Å². The monoisotopic (exact) mass is 294 g/mol. The maximum Gasteiger partial charge on any atom is 0.253 e. The zero-order valence-electron chi connectivity index (χ0n) is 13.2. The molecule has 0 aliphatic carbocycles. The normalized spacial score (nSPS) is 10.4. The molecule has 0 aliphatic rings. The van der Waals surface area contributed by atoms with Crippen molar-refractivity contribution >= 4 is 11.6 Å². The Hall–Kier alpha value is -1.59. The highest BCUT2D eigenvalue weighted by molar-refractivity contribution is 5.99. The standard InChI is InChI=1S/C16H26N2O3/c1-4-17-15-12-13(2)6-7-14(15)16(19)18-8-5-9-21-11-10-20-3/h6-7,12,17H,4-5,8-11H2,1-3H3,(H,18,19). The van der Waals surface area contributed by atoms with Gasteiger partial charge in [0.15, 0.2) is 0 Å². The van der Waals surface area contributed by atoms with E-state index in [1.807, 2.05) is 32.0 Å². The van der Waals surface area contributed by atoms with Crippen molar-refractivity contribution in [3.05, 3.63) is 29.3 Å². The Kier molecular flexibility index (Phi) is 8.47. The predicted molar refractivity (Wildman–Crippen MR) is 85.0 cm³/mol. The average Bonchev–Trinajstić information content (AvgIpc) is 2.46. The summed E-state index contributed by atoms with van der Waals surface area (Å²) in [7, 11) is 1.65. The summed E-state index contributed by atoms with van der Waals surface area (Å²) in [6.07, 6.45) is 0.790. The van der Waals surface area contributed by atoms with Crippen LogP contribution in [0.5, 0.6) is 0 Å². The molecule has 0 radical (unpaired) electrons. The van der Waals surface area contributed by atoms with Gasteiger partial charge in [0.05, 0.1) is 18.8 Å². The number of carbonyl (C=O) groups excluding carboxylic acids is 1. The lowest BCUT2D eigenvalue weighted by Crippen LogP contribution is -2.26. The zero-order valence-corrected chi connectivity index (χ0v) is 13.2. The molecule has 5 nitrogen and oxygen atoms in total. The summed E-state index contributed by atoms with van der Waals surface area (Å²) >= 11 is 0. The molecular weight excluding hydrogens is 268 g/mol. The van der Waals surface area contributed by atoms with Gasteiger partial charge in [-0.2, -0.15) is 0 Å². The molecule has 1 amide bonds. The number of rotatable bonds is 10. The summed E-state index contributed by atoms with van der Waals surface area (Å²) in [6.45, 7) is 7.23. The highest BCUT2D eigenvalue weighted by Gasteiger charge is 2.10. The van der Waals surface area contributed by atoms with Gasteiger partial charge in [-0.15, -0.1) is 0 Å². The molecule has 0 saturated carbocycles. The van der Waals surface area contributed by atoms with Gasteiger partial charge >= 0.3 is 0 Å². The van der Waals surface area contributed by atoms with Crippen molar-refractivity contribution in [3.8, 4) is 0 Å². The van der Waals surface area contributed by atoms with Crippen molar-refractivity contribution in [2.75, 3.05) is 45.3 Å². The van der Waals surface area contributed by atoms with Gasteiger partial charge in [0.25, 0.3) is 5.91 Å². The third-order valence-electron chi connectivity index (χ3n) is 2.97. The number of amides is 1. The van der Waals surface area contributed by atoms with Gasteiger partial charge in [-0.25, -0.2) is 0 Å². The molecular formula is C16H26N2O3. The highest BCUT2D eigenvalue weighted by atomic mass is 16.5. The molecule has 0 fully saturated rings. The fourth-order valence-electron chi connectivity index (χ4n) is 1.91. The summed E-state index contributed by atoms with van der Waals surface area (Å²) < 4.78 is 10.2. The predicted octanol–water partition coefficient (Wildman–Crippen LogP) is 2.21. The summed E-state index contributed by atoms with van der Waals surface area (Å²) in [5.41, 5.74) is 2.70. The summed E-state index contributed by atoms with van der Waals surface area (Å²) in [5.74, 6) is -0.0529. The van der Waals surface area contributed by atoms with Crippen LogP contribution in [0.3, 0.4) is 0 Å². The van der Waals surface area contributed by atoms with Gasteiger partial charge < -0.3 is 20.1 Å². The van der Waals surface area contributed by atoms with E-state index >= 15 is 0 Å². The number of anilines is 1. The summed E-state index contributed by atoms with van der Waals surface area (Å²) in [5, 5.41) is 6.14. The smallest absolute Gasteiger partial charge is 0.253 e. The second kappa shape index (κ2) is 10.2. The van der Waals surface area contributed by atoms with E-state index < -0.39 is 0 Å². The van der Waals surface area contributed by atoms with E-state index in [9.17, 15) is 4.79 Å². The lowest BCUT2D eigenvalue weighted by atomic mass is 10.1. The first-order valence-corrected chi connectivity index (χ1v) is 7.38. The van der Waals surface area contributed by atoms with Crippen LogP contribution in [0.2, 0.25) is 0 Å². The van der Waals surface area contributed by atoms with Crippen LogP contribution in [0.1, 0.15) is 29.3 Å². The number of aryl methyl sites for hydroxylation is 1. The number of ether oxygens (including phenoxy) is 2. The Bertz CT molecular complexity index is 436. The first-order chi connectivity index (χ1) is 10.2. The van der Waals surface area contributed by atoms with Crippen LogP contribution >= 0.6 is 0 Å². The fraction of sp³-hybridized carbons (Fsp3) is 0.562. The van der Waals surface area contributed by atoms with Crippen molar-refractivity contribution in [2.24, 2.45) is 0 Å². The van der Waals surface area contributed by atoms with Crippen molar-refractivity contribution in [1.82, 2.24) is 5.32 Å². The van der Waals surface area contributed by atoms with Gasteiger partial charge in [-0.05, 0) is 38.0 Å². The largest absolute Gasteiger partial charge is 0.385 e.